The summed E-state index contributed by atoms with van der Waals surface area (Å²) in [4.78, 5) is 3.98. The molecule has 0 radical (unpaired) electrons. The number of unbranched alkanes of at least 4 members (excludes halogenated alkanes) is 2. The number of aliphatic hydroxyl groups excluding tert-OH is 1. The first-order valence-corrected chi connectivity index (χ1v) is 4.98. The van der Waals surface area contributed by atoms with Crippen LogP contribution >= 0.6 is 0 Å². The van der Waals surface area contributed by atoms with Crippen molar-refractivity contribution in [1.82, 2.24) is 0 Å². The lowest BCUT2D eigenvalue weighted by atomic mass is 10.2. The average molecular weight is 193 g/mol. The number of aliphatic hydroxyl groups is 1. The highest BCUT2D eigenvalue weighted by Gasteiger charge is 1.80. The van der Waals surface area contributed by atoms with Gasteiger partial charge < -0.3 is 5.11 Å². The average Bonchev–Trinajstić information content (AvgIpc) is 2.21. The van der Waals surface area contributed by atoms with Gasteiger partial charge in [-0.3, -0.25) is 4.99 Å². The fourth-order valence-corrected chi connectivity index (χ4v) is 0.848. The molecule has 2 heteroatoms. The Balaban J connectivity index is 3.41. The van der Waals surface area contributed by atoms with E-state index in [1.807, 2.05) is 31.2 Å². The summed E-state index contributed by atoms with van der Waals surface area (Å²) in [7, 11) is 0. The molecule has 0 aliphatic carbocycles. The molecule has 1 N–H and O–H groups in total. The SMILES string of the molecule is C\C=C/N=C\C=C/C=C/CCCCO. The van der Waals surface area contributed by atoms with E-state index in [2.05, 4.69) is 11.1 Å². The molecule has 0 aliphatic rings. The van der Waals surface area contributed by atoms with E-state index in [9.17, 15) is 0 Å². The molecule has 0 spiro atoms. The Labute approximate surface area is 86.4 Å². The van der Waals surface area contributed by atoms with Crippen molar-refractivity contribution < 1.29 is 5.11 Å². The minimum absolute atomic E-state index is 0.291. The smallest absolute Gasteiger partial charge is 0.0431 e. The summed E-state index contributed by atoms with van der Waals surface area (Å²) >= 11 is 0. The van der Waals surface area contributed by atoms with Crippen molar-refractivity contribution in [3.05, 3.63) is 36.6 Å². The molecule has 14 heavy (non-hydrogen) atoms. The summed E-state index contributed by atoms with van der Waals surface area (Å²) in [5.74, 6) is 0. The van der Waals surface area contributed by atoms with Gasteiger partial charge in [-0.1, -0.05) is 24.3 Å². The monoisotopic (exact) mass is 193 g/mol. The Morgan fingerprint density at radius 3 is 2.71 bits per heavy atom. The predicted molar refractivity (Wildman–Crippen MR) is 62.5 cm³/mol. The van der Waals surface area contributed by atoms with Crippen molar-refractivity contribution in [3.8, 4) is 0 Å². The number of allylic oxidation sites excluding steroid dienone is 5. The third kappa shape index (κ3) is 10.8. The summed E-state index contributed by atoms with van der Waals surface area (Å²) in [5.41, 5.74) is 0. The molecule has 0 aliphatic heterocycles. The molecule has 0 fully saturated rings. The maximum absolute atomic E-state index is 8.53. The van der Waals surface area contributed by atoms with Crippen molar-refractivity contribution in [3.63, 3.8) is 0 Å². The normalized spacial score (nSPS) is 13.0. The largest absolute Gasteiger partial charge is 0.396 e. The van der Waals surface area contributed by atoms with Crippen LogP contribution in [0.5, 0.6) is 0 Å². The molecule has 78 valence electrons. The van der Waals surface area contributed by atoms with Crippen LogP contribution < -0.4 is 0 Å². The molecule has 0 amide bonds. The first-order valence-electron chi connectivity index (χ1n) is 4.98. The molecular formula is C12H19NO. The van der Waals surface area contributed by atoms with E-state index in [0.717, 1.165) is 19.3 Å². The molecule has 0 aromatic rings. The maximum atomic E-state index is 8.53. The van der Waals surface area contributed by atoms with E-state index in [1.54, 1.807) is 12.4 Å². The summed E-state index contributed by atoms with van der Waals surface area (Å²) in [6.07, 6.45) is 16.3. The molecule has 0 aromatic carbocycles. The Kier molecular flexibility index (Phi) is 10.9. The zero-order chi connectivity index (χ0) is 10.5. The minimum Gasteiger partial charge on any atom is -0.396 e. The third-order valence-corrected chi connectivity index (χ3v) is 1.54. The van der Waals surface area contributed by atoms with E-state index in [4.69, 9.17) is 5.11 Å². The van der Waals surface area contributed by atoms with Gasteiger partial charge in [0.2, 0.25) is 0 Å². The van der Waals surface area contributed by atoms with Gasteiger partial charge in [0.15, 0.2) is 0 Å². The molecule has 0 heterocycles. The number of nitrogens with zero attached hydrogens (tertiary/aromatic N) is 1. The number of hydrogen-bond donors (Lipinski definition) is 1. The molecule has 2 nitrogen and oxygen atoms in total. The van der Waals surface area contributed by atoms with E-state index in [0.29, 0.717) is 6.61 Å². The predicted octanol–water partition coefficient (Wildman–Crippen LogP) is 2.87. The molecule has 0 saturated heterocycles. The summed E-state index contributed by atoms with van der Waals surface area (Å²) < 4.78 is 0. The minimum atomic E-state index is 0.291. The lowest BCUT2D eigenvalue weighted by Crippen LogP contribution is -1.79. The Bertz CT molecular complexity index is 214. The number of aliphatic imine (C=N–C) groups is 1. The first kappa shape index (κ1) is 12.8. The second-order valence-electron chi connectivity index (χ2n) is 2.81. The molecule has 0 bridgehead atoms. The van der Waals surface area contributed by atoms with Gasteiger partial charge in [0, 0.05) is 19.0 Å². The van der Waals surface area contributed by atoms with E-state index in [-0.39, 0.29) is 0 Å². The van der Waals surface area contributed by atoms with Crippen molar-refractivity contribution in [2.45, 2.75) is 26.2 Å². The highest BCUT2D eigenvalue weighted by atomic mass is 16.2. The van der Waals surface area contributed by atoms with Crippen LogP contribution in [0.3, 0.4) is 0 Å². The zero-order valence-electron chi connectivity index (χ0n) is 8.76. The van der Waals surface area contributed by atoms with Crippen LogP contribution in [0.4, 0.5) is 0 Å². The van der Waals surface area contributed by atoms with Gasteiger partial charge in [-0.25, -0.2) is 0 Å². The fourth-order valence-electron chi connectivity index (χ4n) is 0.848. The highest BCUT2D eigenvalue weighted by Crippen LogP contribution is 1.95. The summed E-state index contributed by atoms with van der Waals surface area (Å²) in [6.45, 7) is 2.22. The van der Waals surface area contributed by atoms with E-state index in [1.165, 1.54) is 0 Å². The van der Waals surface area contributed by atoms with E-state index < -0.39 is 0 Å². The molecule has 0 atom stereocenters. The Morgan fingerprint density at radius 1 is 1.14 bits per heavy atom. The van der Waals surface area contributed by atoms with Gasteiger partial charge in [-0.2, -0.15) is 0 Å². The van der Waals surface area contributed by atoms with Gasteiger partial charge in [0.25, 0.3) is 0 Å². The van der Waals surface area contributed by atoms with Crippen LogP contribution in [0.2, 0.25) is 0 Å². The van der Waals surface area contributed by atoms with E-state index >= 15 is 0 Å². The van der Waals surface area contributed by atoms with Crippen molar-refractivity contribution in [2.75, 3.05) is 6.61 Å². The fraction of sp³-hybridized carbons (Fsp3) is 0.417. The van der Waals surface area contributed by atoms with Crippen LogP contribution in [-0.2, 0) is 0 Å². The van der Waals surface area contributed by atoms with Crippen LogP contribution in [0, 0.1) is 0 Å². The topological polar surface area (TPSA) is 32.6 Å². The zero-order valence-corrected chi connectivity index (χ0v) is 8.76. The Morgan fingerprint density at radius 2 is 2.00 bits per heavy atom. The van der Waals surface area contributed by atoms with Gasteiger partial charge >= 0.3 is 0 Å². The standard InChI is InChI=1S/C12H19NO/c1-2-10-13-11-8-6-4-3-5-7-9-12-14/h2-4,6,8,10-11,14H,5,7,9,12H2,1H3/b4-3+,8-6-,10-2-,13-11-. The maximum Gasteiger partial charge on any atom is 0.0431 e. The highest BCUT2D eigenvalue weighted by molar-refractivity contribution is 5.71. The second kappa shape index (κ2) is 11.8. The van der Waals surface area contributed by atoms with Gasteiger partial charge in [-0.05, 0) is 32.3 Å². The van der Waals surface area contributed by atoms with Crippen LogP contribution in [0.15, 0.2) is 41.6 Å². The van der Waals surface area contributed by atoms with Crippen molar-refractivity contribution in [2.24, 2.45) is 4.99 Å². The van der Waals surface area contributed by atoms with Gasteiger partial charge in [0.05, 0.1) is 0 Å². The number of hydrogen-bond acceptors (Lipinski definition) is 2. The molecule has 0 rings (SSSR count). The second-order valence-corrected chi connectivity index (χ2v) is 2.81. The lowest BCUT2D eigenvalue weighted by Gasteiger charge is -1.89. The third-order valence-electron chi connectivity index (χ3n) is 1.54. The van der Waals surface area contributed by atoms with Gasteiger partial charge in [-0.15, -0.1) is 0 Å². The van der Waals surface area contributed by atoms with Crippen LogP contribution in [0.25, 0.3) is 0 Å². The molecular weight excluding hydrogens is 174 g/mol. The number of rotatable bonds is 7. The lowest BCUT2D eigenvalue weighted by molar-refractivity contribution is 0.285. The molecule has 0 unspecified atom stereocenters. The van der Waals surface area contributed by atoms with Crippen molar-refractivity contribution >= 4 is 6.21 Å². The molecule has 0 saturated carbocycles. The quantitative estimate of drug-likeness (QED) is 0.376. The summed E-state index contributed by atoms with van der Waals surface area (Å²) in [6, 6.07) is 0. The molecule has 0 aromatic heterocycles. The Hall–Kier alpha value is -1.15. The van der Waals surface area contributed by atoms with Crippen LogP contribution in [-0.4, -0.2) is 17.9 Å². The first-order chi connectivity index (χ1) is 6.91. The van der Waals surface area contributed by atoms with Gasteiger partial charge in [0.1, 0.15) is 0 Å². The van der Waals surface area contributed by atoms with Crippen LogP contribution in [0.1, 0.15) is 26.2 Å². The van der Waals surface area contributed by atoms with Crippen molar-refractivity contribution in [1.29, 1.82) is 0 Å². The summed E-state index contributed by atoms with van der Waals surface area (Å²) in [5, 5.41) is 8.53.